The smallest absolute Gasteiger partial charge is 0.351 e. The molecule has 2 amide bonds. The lowest BCUT2D eigenvalue weighted by molar-refractivity contribution is -0.168. The molecule has 27 heavy (non-hydrogen) atoms. The monoisotopic (exact) mass is 371 g/mol. The minimum atomic E-state index is -1.83. The van der Waals surface area contributed by atoms with Crippen LogP contribution in [-0.2, 0) is 20.8 Å². The minimum absolute atomic E-state index is 0.152. The third kappa shape index (κ3) is 4.85. The van der Waals surface area contributed by atoms with Crippen LogP contribution in [0.4, 0.5) is 0 Å². The lowest BCUT2D eigenvalue weighted by Gasteiger charge is -2.44. The number of hydrogen-bond acceptors (Lipinski definition) is 4. The molecule has 0 bridgehead atoms. The Balaban J connectivity index is 2.23. The molecule has 1 aromatic rings. The molecule has 7 nitrogen and oxygen atoms in total. The molecular weight excluding hydrogens is 346 g/mol. The van der Waals surface area contributed by atoms with Gasteiger partial charge in [0.25, 0.3) is 0 Å². The molecule has 1 saturated heterocycles. The highest BCUT2D eigenvalue weighted by Gasteiger charge is 2.49. The maximum absolute atomic E-state index is 13.1. The maximum atomic E-state index is 13.1. The van der Waals surface area contributed by atoms with Gasteiger partial charge in [-0.15, -0.1) is 5.92 Å². The first-order chi connectivity index (χ1) is 12.9. The number of carboxylic acid groups (broad SMARTS) is 1. The zero-order valence-electron chi connectivity index (χ0n) is 15.7. The third-order valence-corrected chi connectivity index (χ3v) is 4.80. The van der Waals surface area contributed by atoms with Crippen LogP contribution in [0.3, 0.4) is 0 Å². The van der Waals surface area contributed by atoms with Crippen LogP contribution in [0.25, 0.3) is 0 Å². The van der Waals surface area contributed by atoms with E-state index in [2.05, 4.69) is 22.1 Å². The molecule has 1 aromatic heterocycles. The lowest BCUT2D eigenvalue weighted by Crippen LogP contribution is -2.68. The van der Waals surface area contributed by atoms with Crippen molar-refractivity contribution in [1.29, 1.82) is 0 Å². The van der Waals surface area contributed by atoms with E-state index in [1.165, 1.54) is 11.8 Å². The Morgan fingerprint density at radius 2 is 2.11 bits per heavy atom. The zero-order chi connectivity index (χ0) is 19.9. The summed E-state index contributed by atoms with van der Waals surface area (Å²) in [5, 5.41) is 12.4. The molecule has 1 fully saturated rings. The summed E-state index contributed by atoms with van der Waals surface area (Å²) in [7, 11) is 0. The van der Waals surface area contributed by atoms with Crippen molar-refractivity contribution in [2.24, 2.45) is 5.92 Å². The van der Waals surface area contributed by atoms with Crippen molar-refractivity contribution in [3.63, 3.8) is 0 Å². The Hall–Kier alpha value is -2.88. The van der Waals surface area contributed by atoms with Crippen LogP contribution in [0.5, 0.6) is 0 Å². The van der Waals surface area contributed by atoms with Crippen molar-refractivity contribution in [3.8, 4) is 11.8 Å². The second kappa shape index (κ2) is 9.17. The van der Waals surface area contributed by atoms with Crippen LogP contribution in [0.2, 0.25) is 0 Å². The Morgan fingerprint density at radius 3 is 2.70 bits per heavy atom. The van der Waals surface area contributed by atoms with Gasteiger partial charge in [-0.05, 0) is 50.3 Å². The summed E-state index contributed by atoms with van der Waals surface area (Å²) in [6, 6.07) is 3.81. The number of nitrogens with one attached hydrogen (secondary N) is 1. The number of nitrogens with zero attached hydrogens (tertiary/aromatic N) is 2. The fourth-order valence-corrected chi connectivity index (χ4v) is 3.45. The van der Waals surface area contributed by atoms with Crippen LogP contribution in [0, 0.1) is 17.8 Å². The summed E-state index contributed by atoms with van der Waals surface area (Å²) in [6.45, 7) is 3.12. The van der Waals surface area contributed by atoms with Crippen molar-refractivity contribution in [3.05, 3.63) is 30.1 Å². The molecule has 2 N–H and O–H groups in total. The van der Waals surface area contributed by atoms with Gasteiger partial charge in [-0.1, -0.05) is 5.92 Å². The molecule has 144 valence electrons. The van der Waals surface area contributed by atoms with Crippen LogP contribution in [-0.4, -0.2) is 45.0 Å². The summed E-state index contributed by atoms with van der Waals surface area (Å²) < 4.78 is 0. The maximum Gasteiger partial charge on any atom is 0.351 e. The summed E-state index contributed by atoms with van der Waals surface area (Å²) in [5.74, 6) is 3.06. The first-order valence-electron chi connectivity index (χ1n) is 9.03. The van der Waals surface area contributed by atoms with E-state index in [4.69, 9.17) is 0 Å². The highest BCUT2D eigenvalue weighted by Crippen LogP contribution is 2.29. The van der Waals surface area contributed by atoms with Gasteiger partial charge in [-0.3, -0.25) is 14.6 Å². The van der Waals surface area contributed by atoms with Crippen molar-refractivity contribution >= 4 is 17.8 Å². The summed E-state index contributed by atoms with van der Waals surface area (Å²) in [5.41, 5.74) is -0.750. The number of carboxylic acids is 1. The molecule has 2 heterocycles. The van der Waals surface area contributed by atoms with Gasteiger partial charge in [0.1, 0.15) is 0 Å². The molecule has 2 unspecified atom stereocenters. The molecule has 2 atom stereocenters. The Kier molecular flexibility index (Phi) is 6.94. The molecule has 1 aliphatic heterocycles. The molecular formula is C20H25N3O4. The van der Waals surface area contributed by atoms with Crippen molar-refractivity contribution in [2.45, 2.75) is 51.6 Å². The largest absolute Gasteiger partial charge is 0.478 e. The predicted molar refractivity (Wildman–Crippen MR) is 99.2 cm³/mol. The molecule has 0 spiro atoms. The van der Waals surface area contributed by atoms with Gasteiger partial charge < -0.3 is 15.3 Å². The number of amides is 2. The predicted octanol–water partition coefficient (Wildman–Crippen LogP) is 1.58. The topological polar surface area (TPSA) is 99.6 Å². The number of aromatic nitrogens is 1. The number of pyridine rings is 1. The molecule has 0 saturated carbocycles. The van der Waals surface area contributed by atoms with E-state index in [0.29, 0.717) is 25.7 Å². The first-order valence-corrected chi connectivity index (χ1v) is 9.03. The second-order valence-electron chi connectivity index (χ2n) is 6.67. The summed E-state index contributed by atoms with van der Waals surface area (Å²) in [4.78, 5) is 42.2. The molecule has 2 rings (SSSR count). The minimum Gasteiger partial charge on any atom is -0.478 e. The first kappa shape index (κ1) is 20.4. The number of piperidine rings is 1. The zero-order valence-corrected chi connectivity index (χ0v) is 15.7. The number of carbonyl (C=O) groups is 3. The van der Waals surface area contributed by atoms with E-state index in [-0.39, 0.29) is 24.8 Å². The normalized spacial score (nSPS) is 18.8. The van der Waals surface area contributed by atoms with Gasteiger partial charge in [0.15, 0.2) is 0 Å². The quantitative estimate of drug-likeness (QED) is 0.709. The number of carbonyl (C=O) groups excluding carboxylic acids is 2. The van der Waals surface area contributed by atoms with E-state index in [0.717, 1.165) is 5.56 Å². The van der Waals surface area contributed by atoms with Crippen molar-refractivity contribution < 1.29 is 19.5 Å². The van der Waals surface area contributed by atoms with Crippen LogP contribution < -0.4 is 5.32 Å². The summed E-state index contributed by atoms with van der Waals surface area (Å²) >= 11 is 0. The standard InChI is InChI=1S/C20H25N3O4/c1-3-4-11-20(19(26)27,22-15(2)24)23-14-5-6-17(18(23)25)8-7-16-9-12-21-13-10-16/h9-10,12-13,17H,5-8,11,14H2,1-2H3,(H,22,24)(H,26,27). The van der Waals surface area contributed by atoms with Crippen LogP contribution in [0.15, 0.2) is 24.5 Å². The number of aryl methyl sites for hydroxylation is 1. The number of hydrogen-bond donors (Lipinski definition) is 2. The van der Waals surface area contributed by atoms with Gasteiger partial charge in [-0.25, -0.2) is 4.79 Å². The second-order valence-corrected chi connectivity index (χ2v) is 6.67. The van der Waals surface area contributed by atoms with Gasteiger partial charge in [-0.2, -0.15) is 0 Å². The average molecular weight is 371 g/mol. The average Bonchev–Trinajstić information content (AvgIpc) is 2.65. The van der Waals surface area contributed by atoms with Crippen LogP contribution in [0.1, 0.15) is 45.1 Å². The van der Waals surface area contributed by atoms with Crippen molar-refractivity contribution in [2.75, 3.05) is 6.54 Å². The van der Waals surface area contributed by atoms with Crippen LogP contribution >= 0.6 is 0 Å². The number of rotatable bonds is 7. The highest BCUT2D eigenvalue weighted by atomic mass is 16.4. The highest BCUT2D eigenvalue weighted by molar-refractivity contribution is 5.92. The van der Waals surface area contributed by atoms with Gasteiger partial charge in [0.2, 0.25) is 17.5 Å². The van der Waals surface area contributed by atoms with E-state index >= 15 is 0 Å². The molecule has 0 radical (unpaired) electrons. The van der Waals surface area contributed by atoms with E-state index in [9.17, 15) is 19.5 Å². The Labute approximate surface area is 159 Å². The molecule has 1 aliphatic rings. The fraction of sp³-hybridized carbons (Fsp3) is 0.500. The molecule has 7 heteroatoms. The SMILES string of the molecule is CC#CCC(NC(C)=O)(C(=O)O)N1CCCC(CCc2ccncc2)C1=O. The van der Waals surface area contributed by atoms with Gasteiger partial charge in [0.05, 0.1) is 6.42 Å². The van der Waals surface area contributed by atoms with Gasteiger partial charge >= 0.3 is 5.97 Å². The van der Waals surface area contributed by atoms with E-state index in [1.54, 1.807) is 19.3 Å². The Morgan fingerprint density at radius 1 is 1.41 bits per heavy atom. The van der Waals surface area contributed by atoms with E-state index in [1.807, 2.05) is 12.1 Å². The summed E-state index contributed by atoms with van der Waals surface area (Å²) in [6.07, 6.45) is 5.98. The third-order valence-electron chi connectivity index (χ3n) is 4.80. The van der Waals surface area contributed by atoms with E-state index < -0.39 is 17.5 Å². The number of aliphatic carboxylic acids is 1. The number of likely N-dealkylation sites (tertiary alicyclic amines) is 1. The lowest BCUT2D eigenvalue weighted by atomic mass is 9.88. The fourth-order valence-electron chi connectivity index (χ4n) is 3.45. The molecule has 0 aromatic carbocycles. The molecule has 0 aliphatic carbocycles. The van der Waals surface area contributed by atoms with Gasteiger partial charge in [0, 0.05) is 31.8 Å². The van der Waals surface area contributed by atoms with Crippen molar-refractivity contribution in [1.82, 2.24) is 15.2 Å². The Bertz CT molecular complexity index is 753.